The summed E-state index contributed by atoms with van der Waals surface area (Å²) in [6, 6.07) is 3.87. The van der Waals surface area contributed by atoms with Gasteiger partial charge in [0, 0.05) is 20.3 Å². The SMILES string of the molecule is CC1=Nc2cccnc2N(C)N1C. The van der Waals surface area contributed by atoms with Crippen LogP contribution in [0.2, 0.25) is 0 Å². The molecular formula is C9H12N4. The van der Waals surface area contributed by atoms with Crippen LogP contribution in [-0.4, -0.2) is 29.9 Å². The Kier molecular flexibility index (Phi) is 1.69. The Morgan fingerprint density at radius 3 is 2.77 bits per heavy atom. The van der Waals surface area contributed by atoms with Crippen molar-refractivity contribution < 1.29 is 0 Å². The number of pyridine rings is 1. The molecule has 4 nitrogen and oxygen atoms in total. The average molecular weight is 176 g/mol. The van der Waals surface area contributed by atoms with Crippen LogP contribution in [-0.2, 0) is 0 Å². The molecule has 0 saturated carbocycles. The van der Waals surface area contributed by atoms with Crippen LogP contribution in [0.1, 0.15) is 6.92 Å². The minimum absolute atomic E-state index is 0.899. The van der Waals surface area contributed by atoms with Gasteiger partial charge >= 0.3 is 0 Å². The Morgan fingerprint density at radius 1 is 1.23 bits per heavy atom. The highest BCUT2D eigenvalue weighted by Crippen LogP contribution is 2.29. The van der Waals surface area contributed by atoms with Crippen molar-refractivity contribution >= 4 is 17.3 Å². The molecule has 0 aromatic carbocycles. The van der Waals surface area contributed by atoms with Gasteiger partial charge in [-0.15, -0.1) is 0 Å². The van der Waals surface area contributed by atoms with Crippen molar-refractivity contribution in [3.8, 4) is 0 Å². The minimum Gasteiger partial charge on any atom is -0.274 e. The van der Waals surface area contributed by atoms with Gasteiger partial charge in [-0.1, -0.05) is 0 Å². The highest BCUT2D eigenvalue weighted by atomic mass is 15.6. The second kappa shape index (κ2) is 2.73. The van der Waals surface area contributed by atoms with E-state index in [1.54, 1.807) is 6.20 Å². The van der Waals surface area contributed by atoms with Crippen molar-refractivity contribution in [3.63, 3.8) is 0 Å². The second-order valence-corrected chi connectivity index (χ2v) is 3.05. The molecule has 0 amide bonds. The number of hydrazine groups is 1. The van der Waals surface area contributed by atoms with Gasteiger partial charge in [-0.3, -0.25) is 10.0 Å². The van der Waals surface area contributed by atoms with Crippen LogP contribution in [0.4, 0.5) is 11.5 Å². The molecule has 0 fully saturated rings. The first kappa shape index (κ1) is 8.04. The number of rotatable bonds is 0. The van der Waals surface area contributed by atoms with Gasteiger partial charge < -0.3 is 0 Å². The number of hydrogen-bond donors (Lipinski definition) is 0. The topological polar surface area (TPSA) is 31.7 Å². The maximum absolute atomic E-state index is 4.42. The zero-order valence-corrected chi connectivity index (χ0v) is 8.02. The first-order valence-electron chi connectivity index (χ1n) is 4.18. The van der Waals surface area contributed by atoms with E-state index < -0.39 is 0 Å². The van der Waals surface area contributed by atoms with E-state index in [2.05, 4.69) is 9.98 Å². The van der Waals surface area contributed by atoms with E-state index in [1.165, 1.54) is 0 Å². The summed E-state index contributed by atoms with van der Waals surface area (Å²) in [7, 11) is 3.94. The Labute approximate surface area is 77.5 Å². The van der Waals surface area contributed by atoms with Crippen LogP contribution in [0.3, 0.4) is 0 Å². The maximum atomic E-state index is 4.42. The first-order valence-corrected chi connectivity index (χ1v) is 4.18. The molecule has 0 bridgehead atoms. The maximum Gasteiger partial charge on any atom is 0.173 e. The molecule has 0 saturated heterocycles. The lowest BCUT2D eigenvalue weighted by Crippen LogP contribution is -2.42. The predicted molar refractivity (Wildman–Crippen MR) is 53.2 cm³/mol. The number of amidine groups is 1. The summed E-state index contributed by atoms with van der Waals surface area (Å²) in [6.07, 6.45) is 1.78. The average Bonchev–Trinajstić information content (AvgIpc) is 2.15. The van der Waals surface area contributed by atoms with Crippen LogP contribution in [0.5, 0.6) is 0 Å². The van der Waals surface area contributed by atoms with Gasteiger partial charge in [0.15, 0.2) is 5.82 Å². The molecule has 2 heterocycles. The van der Waals surface area contributed by atoms with Gasteiger partial charge in [-0.2, -0.15) is 0 Å². The number of nitrogens with zero attached hydrogens (tertiary/aromatic N) is 4. The lowest BCUT2D eigenvalue weighted by Gasteiger charge is -2.34. The Morgan fingerprint density at radius 2 is 2.00 bits per heavy atom. The molecule has 13 heavy (non-hydrogen) atoms. The molecule has 1 aromatic heterocycles. The first-order chi connectivity index (χ1) is 6.20. The summed E-state index contributed by atoms with van der Waals surface area (Å²) in [5.41, 5.74) is 0.931. The Hall–Kier alpha value is -1.58. The molecule has 0 atom stereocenters. The normalized spacial score (nSPS) is 15.5. The Balaban J connectivity index is 2.56. The van der Waals surface area contributed by atoms with Gasteiger partial charge in [-0.05, 0) is 19.1 Å². The van der Waals surface area contributed by atoms with E-state index in [0.717, 1.165) is 17.3 Å². The fourth-order valence-corrected chi connectivity index (χ4v) is 1.33. The predicted octanol–water partition coefficient (Wildman–Crippen LogP) is 1.43. The van der Waals surface area contributed by atoms with Gasteiger partial charge in [0.25, 0.3) is 0 Å². The molecule has 0 spiro atoms. The molecule has 0 radical (unpaired) electrons. The Bertz CT molecular complexity index is 358. The van der Waals surface area contributed by atoms with Crippen LogP contribution in [0.25, 0.3) is 0 Å². The molecule has 68 valence electrons. The standard InChI is InChI=1S/C9H12N4/c1-7-11-8-5-4-6-10-9(8)13(3)12(7)2/h4-6H,1-3H3. The minimum atomic E-state index is 0.899. The fraction of sp³-hybridized carbons (Fsp3) is 0.333. The van der Waals surface area contributed by atoms with Gasteiger partial charge in [-0.25, -0.2) is 9.98 Å². The summed E-state index contributed by atoms with van der Waals surface area (Å²) in [4.78, 5) is 8.68. The second-order valence-electron chi connectivity index (χ2n) is 3.05. The summed E-state index contributed by atoms with van der Waals surface area (Å²) < 4.78 is 0. The van der Waals surface area contributed by atoms with E-state index in [9.17, 15) is 0 Å². The third-order valence-corrected chi connectivity index (χ3v) is 2.27. The van der Waals surface area contributed by atoms with Crippen LogP contribution >= 0.6 is 0 Å². The van der Waals surface area contributed by atoms with Crippen molar-refractivity contribution in [1.29, 1.82) is 0 Å². The van der Waals surface area contributed by atoms with E-state index in [0.29, 0.717) is 0 Å². The van der Waals surface area contributed by atoms with E-state index in [-0.39, 0.29) is 0 Å². The molecule has 4 heteroatoms. The fourth-order valence-electron chi connectivity index (χ4n) is 1.33. The molecule has 1 aromatic rings. The summed E-state index contributed by atoms with van der Waals surface area (Å²) in [5.74, 6) is 1.87. The van der Waals surface area contributed by atoms with Gasteiger partial charge in [0.2, 0.25) is 0 Å². The molecule has 1 aliphatic heterocycles. The van der Waals surface area contributed by atoms with Gasteiger partial charge in [0.05, 0.1) is 0 Å². The molecule has 2 rings (SSSR count). The summed E-state index contributed by atoms with van der Waals surface area (Å²) >= 11 is 0. The van der Waals surface area contributed by atoms with E-state index >= 15 is 0 Å². The largest absolute Gasteiger partial charge is 0.274 e. The van der Waals surface area contributed by atoms with Crippen molar-refractivity contribution in [1.82, 2.24) is 9.99 Å². The zero-order chi connectivity index (χ0) is 9.42. The number of anilines is 1. The molecule has 0 unspecified atom stereocenters. The number of aromatic nitrogens is 1. The van der Waals surface area contributed by atoms with Crippen LogP contribution in [0.15, 0.2) is 23.3 Å². The van der Waals surface area contributed by atoms with Crippen molar-refractivity contribution in [2.24, 2.45) is 4.99 Å². The lowest BCUT2D eigenvalue weighted by atomic mass is 10.3. The third-order valence-electron chi connectivity index (χ3n) is 2.27. The monoisotopic (exact) mass is 176 g/mol. The van der Waals surface area contributed by atoms with Crippen molar-refractivity contribution in [2.75, 3.05) is 19.1 Å². The quantitative estimate of drug-likeness (QED) is 0.599. The highest BCUT2D eigenvalue weighted by molar-refractivity contribution is 5.88. The summed E-state index contributed by atoms with van der Waals surface area (Å²) in [5, 5.41) is 3.95. The van der Waals surface area contributed by atoms with Gasteiger partial charge in [0.1, 0.15) is 11.5 Å². The van der Waals surface area contributed by atoms with Crippen LogP contribution < -0.4 is 5.01 Å². The van der Waals surface area contributed by atoms with Crippen molar-refractivity contribution in [2.45, 2.75) is 6.92 Å². The highest BCUT2D eigenvalue weighted by Gasteiger charge is 2.18. The number of fused-ring (bicyclic) bond motifs is 1. The van der Waals surface area contributed by atoms with Crippen molar-refractivity contribution in [3.05, 3.63) is 18.3 Å². The number of aliphatic imine (C=N–C) groups is 1. The molecule has 0 N–H and O–H groups in total. The van der Waals surface area contributed by atoms with Crippen LogP contribution in [0, 0.1) is 0 Å². The zero-order valence-electron chi connectivity index (χ0n) is 8.02. The summed E-state index contributed by atoms with van der Waals surface area (Å²) in [6.45, 7) is 1.98. The smallest absolute Gasteiger partial charge is 0.173 e. The molecule has 1 aliphatic rings. The third kappa shape index (κ3) is 1.14. The van der Waals surface area contributed by atoms with E-state index in [4.69, 9.17) is 0 Å². The molecule has 0 aliphatic carbocycles. The number of hydrogen-bond acceptors (Lipinski definition) is 4. The lowest BCUT2D eigenvalue weighted by molar-refractivity contribution is 0.478. The molecular weight excluding hydrogens is 164 g/mol. The van der Waals surface area contributed by atoms with E-state index in [1.807, 2.05) is 43.2 Å².